The SMILES string of the molecule is CC1(C)C(CNc2cc(Cl)ccc2N)C1(C)C. The highest BCUT2D eigenvalue weighted by atomic mass is 35.5. The van der Waals surface area contributed by atoms with Crippen LogP contribution in [0.4, 0.5) is 11.4 Å². The van der Waals surface area contributed by atoms with E-state index in [2.05, 4.69) is 33.0 Å². The second kappa shape index (κ2) is 3.81. The summed E-state index contributed by atoms with van der Waals surface area (Å²) in [6.45, 7) is 10.2. The average molecular weight is 253 g/mol. The molecule has 0 spiro atoms. The van der Waals surface area contributed by atoms with Gasteiger partial charge in [0.2, 0.25) is 0 Å². The van der Waals surface area contributed by atoms with Crippen molar-refractivity contribution < 1.29 is 0 Å². The zero-order valence-corrected chi connectivity index (χ0v) is 11.7. The predicted octanol–water partition coefficient (Wildman–Crippen LogP) is 4.02. The topological polar surface area (TPSA) is 38.0 Å². The first kappa shape index (κ1) is 12.6. The summed E-state index contributed by atoms with van der Waals surface area (Å²) in [5, 5.41) is 4.14. The molecule has 1 aliphatic carbocycles. The molecular weight excluding hydrogens is 232 g/mol. The van der Waals surface area contributed by atoms with Crippen LogP contribution in [0.3, 0.4) is 0 Å². The Bertz CT molecular complexity index is 424. The van der Waals surface area contributed by atoms with Crippen LogP contribution in [0, 0.1) is 16.7 Å². The minimum absolute atomic E-state index is 0.396. The number of hydrogen-bond acceptors (Lipinski definition) is 2. The number of nitrogen functional groups attached to an aromatic ring is 1. The third-order valence-electron chi connectivity index (χ3n) is 4.83. The van der Waals surface area contributed by atoms with Crippen molar-refractivity contribution in [3.8, 4) is 0 Å². The molecule has 0 bridgehead atoms. The van der Waals surface area contributed by atoms with Gasteiger partial charge in [-0.15, -0.1) is 0 Å². The number of nitrogens with one attached hydrogen (secondary N) is 1. The van der Waals surface area contributed by atoms with E-state index in [1.807, 2.05) is 18.2 Å². The summed E-state index contributed by atoms with van der Waals surface area (Å²) in [5.74, 6) is 0.674. The van der Waals surface area contributed by atoms with Crippen molar-refractivity contribution in [3.05, 3.63) is 23.2 Å². The van der Waals surface area contributed by atoms with Crippen molar-refractivity contribution in [1.82, 2.24) is 0 Å². The van der Waals surface area contributed by atoms with Gasteiger partial charge in [-0.05, 0) is 34.9 Å². The lowest BCUT2D eigenvalue weighted by atomic mass is 10.0. The fourth-order valence-electron chi connectivity index (χ4n) is 2.74. The number of benzene rings is 1. The van der Waals surface area contributed by atoms with E-state index in [-0.39, 0.29) is 0 Å². The van der Waals surface area contributed by atoms with Crippen molar-refractivity contribution in [1.29, 1.82) is 0 Å². The fraction of sp³-hybridized carbons (Fsp3) is 0.571. The van der Waals surface area contributed by atoms with E-state index in [1.54, 1.807) is 0 Å². The Hall–Kier alpha value is -0.890. The summed E-state index contributed by atoms with van der Waals surface area (Å²) in [6, 6.07) is 5.54. The van der Waals surface area contributed by atoms with E-state index in [1.165, 1.54) is 0 Å². The third kappa shape index (κ3) is 1.99. The second-order valence-electron chi connectivity index (χ2n) is 6.11. The van der Waals surface area contributed by atoms with Gasteiger partial charge in [-0.3, -0.25) is 0 Å². The first-order valence-electron chi connectivity index (χ1n) is 6.05. The van der Waals surface area contributed by atoms with Crippen LogP contribution in [0.2, 0.25) is 5.02 Å². The van der Waals surface area contributed by atoms with Crippen LogP contribution in [0.25, 0.3) is 0 Å². The van der Waals surface area contributed by atoms with E-state index in [9.17, 15) is 0 Å². The largest absolute Gasteiger partial charge is 0.397 e. The van der Waals surface area contributed by atoms with Gasteiger partial charge >= 0.3 is 0 Å². The quantitative estimate of drug-likeness (QED) is 0.798. The first-order chi connectivity index (χ1) is 7.76. The molecule has 0 unspecified atom stereocenters. The summed E-state index contributed by atoms with van der Waals surface area (Å²) in [5.41, 5.74) is 8.40. The Morgan fingerprint density at radius 3 is 2.35 bits per heavy atom. The molecule has 1 aromatic rings. The molecular formula is C14H21ClN2. The zero-order chi connectivity index (χ0) is 12.8. The molecule has 0 amide bonds. The summed E-state index contributed by atoms with van der Waals surface area (Å²) in [7, 11) is 0. The van der Waals surface area contributed by atoms with Crippen molar-refractivity contribution in [2.45, 2.75) is 27.7 Å². The van der Waals surface area contributed by atoms with Gasteiger partial charge in [-0.1, -0.05) is 39.3 Å². The highest BCUT2D eigenvalue weighted by molar-refractivity contribution is 6.31. The normalized spacial score (nSPS) is 21.2. The lowest BCUT2D eigenvalue weighted by Gasteiger charge is -2.10. The molecule has 94 valence electrons. The molecule has 3 heteroatoms. The van der Waals surface area contributed by atoms with E-state index >= 15 is 0 Å². The van der Waals surface area contributed by atoms with Crippen LogP contribution >= 0.6 is 11.6 Å². The number of hydrogen-bond donors (Lipinski definition) is 2. The molecule has 1 fully saturated rings. The molecule has 0 saturated heterocycles. The lowest BCUT2D eigenvalue weighted by molar-refractivity contribution is 0.457. The molecule has 1 saturated carbocycles. The molecule has 2 nitrogen and oxygen atoms in total. The van der Waals surface area contributed by atoms with Crippen LogP contribution < -0.4 is 11.1 Å². The summed E-state index contributed by atoms with van der Waals surface area (Å²) in [4.78, 5) is 0. The van der Waals surface area contributed by atoms with Crippen molar-refractivity contribution in [2.75, 3.05) is 17.6 Å². The van der Waals surface area contributed by atoms with Crippen LogP contribution in [-0.2, 0) is 0 Å². The van der Waals surface area contributed by atoms with Gasteiger partial charge in [0.05, 0.1) is 11.4 Å². The van der Waals surface area contributed by atoms with Crippen molar-refractivity contribution >= 4 is 23.0 Å². The van der Waals surface area contributed by atoms with Crippen LogP contribution in [0.5, 0.6) is 0 Å². The minimum atomic E-state index is 0.396. The van der Waals surface area contributed by atoms with E-state index in [0.29, 0.717) is 16.7 Å². The predicted molar refractivity (Wildman–Crippen MR) is 75.4 cm³/mol. The molecule has 0 atom stereocenters. The standard InChI is InChI=1S/C14H21ClN2/c1-13(2)12(14(13,3)4)8-17-11-7-9(15)5-6-10(11)16/h5-7,12,17H,8,16H2,1-4H3. The lowest BCUT2D eigenvalue weighted by Crippen LogP contribution is -2.09. The molecule has 0 heterocycles. The van der Waals surface area contributed by atoms with Crippen molar-refractivity contribution in [2.24, 2.45) is 16.7 Å². The molecule has 1 aromatic carbocycles. The smallest absolute Gasteiger partial charge is 0.0588 e. The Labute approximate surface area is 109 Å². The minimum Gasteiger partial charge on any atom is -0.397 e. The maximum absolute atomic E-state index is 5.96. The Kier molecular flexibility index (Phi) is 2.81. The van der Waals surface area contributed by atoms with Gasteiger partial charge in [-0.2, -0.15) is 0 Å². The molecule has 2 rings (SSSR count). The summed E-state index contributed by atoms with van der Waals surface area (Å²) >= 11 is 5.96. The Balaban J connectivity index is 2.03. The maximum atomic E-state index is 5.96. The molecule has 3 N–H and O–H groups in total. The van der Waals surface area contributed by atoms with Gasteiger partial charge in [0.25, 0.3) is 0 Å². The van der Waals surface area contributed by atoms with Gasteiger partial charge in [-0.25, -0.2) is 0 Å². The molecule has 17 heavy (non-hydrogen) atoms. The van der Waals surface area contributed by atoms with Gasteiger partial charge in [0.15, 0.2) is 0 Å². The number of nitrogens with two attached hydrogens (primary N) is 1. The van der Waals surface area contributed by atoms with Crippen molar-refractivity contribution in [3.63, 3.8) is 0 Å². The number of rotatable bonds is 3. The van der Waals surface area contributed by atoms with E-state index in [4.69, 9.17) is 17.3 Å². The summed E-state index contributed by atoms with van der Waals surface area (Å²) < 4.78 is 0. The second-order valence-corrected chi connectivity index (χ2v) is 6.54. The molecule has 0 aromatic heterocycles. The van der Waals surface area contributed by atoms with Gasteiger partial charge in [0.1, 0.15) is 0 Å². The monoisotopic (exact) mass is 252 g/mol. The average Bonchev–Trinajstić information content (AvgIpc) is 2.60. The third-order valence-corrected chi connectivity index (χ3v) is 5.07. The first-order valence-corrected chi connectivity index (χ1v) is 6.43. The molecule has 0 radical (unpaired) electrons. The van der Waals surface area contributed by atoms with Gasteiger partial charge in [0, 0.05) is 11.6 Å². The number of halogens is 1. The Morgan fingerprint density at radius 1 is 1.24 bits per heavy atom. The molecule has 0 aliphatic heterocycles. The van der Waals surface area contributed by atoms with Gasteiger partial charge < -0.3 is 11.1 Å². The molecule has 1 aliphatic rings. The summed E-state index contributed by atoms with van der Waals surface area (Å²) in [6.07, 6.45) is 0. The Morgan fingerprint density at radius 2 is 1.82 bits per heavy atom. The van der Waals surface area contributed by atoms with E-state index in [0.717, 1.165) is 22.9 Å². The van der Waals surface area contributed by atoms with Crippen LogP contribution in [0.15, 0.2) is 18.2 Å². The highest BCUT2D eigenvalue weighted by Gasteiger charge is 2.63. The number of anilines is 2. The maximum Gasteiger partial charge on any atom is 0.0588 e. The fourth-order valence-corrected chi connectivity index (χ4v) is 2.91. The van der Waals surface area contributed by atoms with Crippen LogP contribution in [0.1, 0.15) is 27.7 Å². The highest BCUT2D eigenvalue weighted by Crippen LogP contribution is 2.68. The van der Waals surface area contributed by atoms with Crippen LogP contribution in [-0.4, -0.2) is 6.54 Å². The zero-order valence-electron chi connectivity index (χ0n) is 11.0. The van der Waals surface area contributed by atoms with E-state index < -0.39 is 0 Å².